The first kappa shape index (κ1) is 23.4. The van der Waals surface area contributed by atoms with Gasteiger partial charge in [0.05, 0.1) is 12.1 Å². The van der Waals surface area contributed by atoms with Crippen molar-refractivity contribution in [2.24, 2.45) is 0 Å². The number of nitrogens with zero attached hydrogens (tertiary/aromatic N) is 1. The molecule has 0 spiro atoms. The van der Waals surface area contributed by atoms with E-state index in [2.05, 4.69) is 15.6 Å². The maximum absolute atomic E-state index is 12.7. The molecule has 0 saturated carbocycles. The summed E-state index contributed by atoms with van der Waals surface area (Å²) in [5.74, 6) is -1.84. The number of nitrogens with one attached hydrogen (secondary N) is 2. The van der Waals surface area contributed by atoms with Gasteiger partial charge in [-0.15, -0.1) is 11.3 Å². The maximum atomic E-state index is 12.7. The average Bonchev–Trinajstić information content (AvgIpc) is 3.40. The van der Waals surface area contributed by atoms with Crippen molar-refractivity contribution < 1.29 is 24.2 Å². The number of anilines is 1. The van der Waals surface area contributed by atoms with Crippen molar-refractivity contribution in [1.82, 2.24) is 10.3 Å². The number of thiazole rings is 1. The first-order valence-electron chi connectivity index (χ1n) is 10.9. The van der Waals surface area contributed by atoms with Gasteiger partial charge in [-0.1, -0.05) is 62.4 Å². The summed E-state index contributed by atoms with van der Waals surface area (Å²) in [5, 5.41) is 16.4. The van der Waals surface area contributed by atoms with Gasteiger partial charge in [-0.25, -0.2) is 9.78 Å². The third-order valence-electron chi connectivity index (χ3n) is 5.67. The number of alkyl carbamates (subject to hydrolysis) is 1. The minimum Gasteiger partial charge on any atom is -0.481 e. The second-order valence-electron chi connectivity index (χ2n) is 8.34. The van der Waals surface area contributed by atoms with E-state index in [1.165, 1.54) is 11.3 Å². The molecule has 1 aliphatic rings. The first-order chi connectivity index (χ1) is 16.3. The number of rotatable bonds is 8. The summed E-state index contributed by atoms with van der Waals surface area (Å²) >= 11 is 1.24. The fourth-order valence-electron chi connectivity index (χ4n) is 3.97. The van der Waals surface area contributed by atoms with E-state index in [0.29, 0.717) is 5.13 Å². The molecule has 1 aromatic heterocycles. The molecule has 0 fully saturated rings. The number of carbonyl (C=O) groups is 3. The molecule has 0 radical (unpaired) electrons. The third kappa shape index (κ3) is 5.09. The molecule has 8 nitrogen and oxygen atoms in total. The van der Waals surface area contributed by atoms with Gasteiger partial charge in [0.2, 0.25) is 5.91 Å². The number of hydrogen-bond donors (Lipinski definition) is 3. The number of carboxylic acids is 1. The number of aromatic nitrogens is 1. The Morgan fingerprint density at radius 1 is 1.06 bits per heavy atom. The molecular weight excluding hydrogens is 454 g/mol. The van der Waals surface area contributed by atoms with E-state index in [9.17, 15) is 19.5 Å². The maximum Gasteiger partial charge on any atom is 0.407 e. The zero-order chi connectivity index (χ0) is 24.2. The lowest BCUT2D eigenvalue weighted by Crippen LogP contribution is -2.45. The molecule has 1 unspecified atom stereocenters. The minimum atomic E-state index is -1.31. The lowest BCUT2D eigenvalue weighted by atomic mass is 9.98. The van der Waals surface area contributed by atoms with E-state index in [0.717, 1.165) is 27.9 Å². The smallest absolute Gasteiger partial charge is 0.407 e. The van der Waals surface area contributed by atoms with Crippen LogP contribution >= 0.6 is 11.3 Å². The number of ether oxygens (including phenoxy) is 1. The fraction of sp³-hybridized carbons (Fsp3) is 0.280. The Morgan fingerprint density at radius 3 is 2.24 bits per heavy atom. The molecular formula is C25H25N3O5S. The largest absolute Gasteiger partial charge is 0.481 e. The number of carbonyl (C=O) groups excluding carboxylic acids is 2. The van der Waals surface area contributed by atoms with Crippen molar-refractivity contribution in [3.05, 3.63) is 70.7 Å². The Bertz CT molecular complexity index is 1180. The highest BCUT2D eigenvalue weighted by molar-refractivity contribution is 7.13. The predicted octanol–water partition coefficient (Wildman–Crippen LogP) is 4.59. The van der Waals surface area contributed by atoms with Gasteiger partial charge < -0.3 is 20.5 Å². The Labute approximate surface area is 201 Å². The molecule has 1 aliphatic carbocycles. The molecule has 0 aliphatic heterocycles. The lowest BCUT2D eigenvalue weighted by molar-refractivity contribution is -0.139. The SMILES string of the molecule is CC(C)c1csc(NC(=O)C(CC(=O)O)NC(=O)OCC2c3ccccc3-c3ccccc32)n1. The summed E-state index contributed by atoms with van der Waals surface area (Å²) in [4.78, 5) is 40.8. The second-order valence-corrected chi connectivity index (χ2v) is 9.20. The third-order valence-corrected chi connectivity index (χ3v) is 6.45. The summed E-state index contributed by atoms with van der Waals surface area (Å²) < 4.78 is 5.45. The van der Waals surface area contributed by atoms with Crippen LogP contribution in [0.15, 0.2) is 53.9 Å². The average molecular weight is 480 g/mol. The zero-order valence-corrected chi connectivity index (χ0v) is 19.6. The normalized spacial score (nSPS) is 13.1. The number of fused-ring (bicyclic) bond motifs is 3. The minimum absolute atomic E-state index is 0.0610. The first-order valence-corrected chi connectivity index (χ1v) is 11.8. The molecule has 1 heterocycles. The highest BCUT2D eigenvalue weighted by Gasteiger charge is 2.30. The van der Waals surface area contributed by atoms with Crippen LogP contribution in [0.2, 0.25) is 0 Å². The van der Waals surface area contributed by atoms with Crippen molar-refractivity contribution in [2.45, 2.75) is 38.1 Å². The van der Waals surface area contributed by atoms with Crippen molar-refractivity contribution in [3.8, 4) is 11.1 Å². The summed E-state index contributed by atoms with van der Waals surface area (Å²) in [6.07, 6.45) is -1.44. The summed E-state index contributed by atoms with van der Waals surface area (Å²) in [6, 6.07) is 14.6. The lowest BCUT2D eigenvalue weighted by Gasteiger charge is -2.18. The summed E-state index contributed by atoms with van der Waals surface area (Å²) in [5.41, 5.74) is 5.13. The van der Waals surface area contributed by atoms with Gasteiger partial charge in [0.15, 0.2) is 5.13 Å². The number of aliphatic carboxylic acids is 1. The van der Waals surface area contributed by atoms with E-state index >= 15 is 0 Å². The number of carboxylic acid groups (broad SMARTS) is 1. The van der Waals surface area contributed by atoms with Crippen LogP contribution in [0, 0.1) is 0 Å². The monoisotopic (exact) mass is 479 g/mol. The van der Waals surface area contributed by atoms with Crippen LogP contribution in [-0.4, -0.2) is 40.7 Å². The molecule has 1 atom stereocenters. The molecule has 3 N–H and O–H groups in total. The Hall–Kier alpha value is -3.72. The van der Waals surface area contributed by atoms with Gasteiger partial charge in [0, 0.05) is 11.3 Å². The van der Waals surface area contributed by atoms with E-state index in [-0.39, 0.29) is 18.4 Å². The fourth-order valence-corrected chi connectivity index (χ4v) is 4.84. The number of hydrogen-bond acceptors (Lipinski definition) is 6. The van der Waals surface area contributed by atoms with Gasteiger partial charge in [-0.05, 0) is 28.2 Å². The highest BCUT2D eigenvalue weighted by Crippen LogP contribution is 2.44. The van der Waals surface area contributed by atoms with Gasteiger partial charge >= 0.3 is 12.1 Å². The second kappa shape index (κ2) is 10.0. The molecule has 2 aromatic carbocycles. The number of amides is 2. The van der Waals surface area contributed by atoms with Crippen LogP contribution in [-0.2, 0) is 14.3 Å². The predicted molar refractivity (Wildman–Crippen MR) is 129 cm³/mol. The summed E-state index contributed by atoms with van der Waals surface area (Å²) in [7, 11) is 0. The Morgan fingerprint density at radius 2 is 1.68 bits per heavy atom. The van der Waals surface area contributed by atoms with Crippen LogP contribution in [0.3, 0.4) is 0 Å². The van der Waals surface area contributed by atoms with Crippen molar-refractivity contribution in [2.75, 3.05) is 11.9 Å². The molecule has 0 bridgehead atoms. The molecule has 0 saturated heterocycles. The quantitative estimate of drug-likeness (QED) is 0.435. The molecule has 4 rings (SSSR count). The molecule has 3 aromatic rings. The van der Waals surface area contributed by atoms with Gasteiger partial charge in [0.25, 0.3) is 0 Å². The molecule has 34 heavy (non-hydrogen) atoms. The van der Waals surface area contributed by atoms with E-state index in [1.807, 2.05) is 67.8 Å². The standard InChI is InChI=1S/C25H25N3O5S/c1-14(2)21-13-34-24(26-21)28-23(31)20(11-22(29)30)27-25(32)33-12-19-17-9-5-3-7-15(17)16-8-4-6-10-18(16)19/h3-10,13-14,19-20H,11-12H2,1-2H3,(H,27,32)(H,29,30)(H,26,28,31). The molecule has 2 amide bonds. The molecule has 176 valence electrons. The van der Waals surface area contributed by atoms with Gasteiger partial charge in [-0.2, -0.15) is 0 Å². The Kier molecular flexibility index (Phi) is 6.93. The number of benzene rings is 2. The van der Waals surface area contributed by atoms with Crippen molar-refractivity contribution in [1.29, 1.82) is 0 Å². The van der Waals surface area contributed by atoms with Gasteiger partial charge in [0.1, 0.15) is 12.6 Å². The van der Waals surface area contributed by atoms with Crippen molar-refractivity contribution in [3.63, 3.8) is 0 Å². The van der Waals surface area contributed by atoms with Crippen LogP contribution in [0.25, 0.3) is 11.1 Å². The van der Waals surface area contributed by atoms with Crippen LogP contribution in [0.4, 0.5) is 9.93 Å². The topological polar surface area (TPSA) is 118 Å². The van der Waals surface area contributed by atoms with Crippen LogP contribution in [0.1, 0.15) is 48.9 Å². The van der Waals surface area contributed by atoms with Crippen LogP contribution in [0.5, 0.6) is 0 Å². The highest BCUT2D eigenvalue weighted by atomic mass is 32.1. The molecule has 9 heteroatoms. The van der Waals surface area contributed by atoms with Gasteiger partial charge in [-0.3, -0.25) is 9.59 Å². The van der Waals surface area contributed by atoms with E-state index < -0.39 is 30.4 Å². The Balaban J connectivity index is 1.41. The van der Waals surface area contributed by atoms with E-state index in [4.69, 9.17) is 4.74 Å². The summed E-state index contributed by atoms with van der Waals surface area (Å²) in [6.45, 7) is 4.02. The van der Waals surface area contributed by atoms with Crippen LogP contribution < -0.4 is 10.6 Å². The zero-order valence-electron chi connectivity index (χ0n) is 18.8. The van der Waals surface area contributed by atoms with Crippen molar-refractivity contribution >= 4 is 34.4 Å². The van der Waals surface area contributed by atoms with E-state index in [1.54, 1.807) is 0 Å².